The molecular formula is C5H6O3. The van der Waals surface area contributed by atoms with E-state index in [0.717, 1.165) is 0 Å². The Morgan fingerprint density at radius 3 is 2.38 bits per heavy atom. The van der Waals surface area contributed by atoms with Crippen LogP contribution in [0.25, 0.3) is 0 Å². The first-order valence-electron chi connectivity index (χ1n) is 1.89. The van der Waals surface area contributed by atoms with Crippen molar-refractivity contribution in [3.05, 3.63) is 24.8 Å². The second kappa shape index (κ2) is 2.98. The summed E-state index contributed by atoms with van der Waals surface area (Å²) in [6.45, 7) is 6.41. The van der Waals surface area contributed by atoms with Crippen molar-refractivity contribution in [2.45, 2.75) is 0 Å². The maximum Gasteiger partial charge on any atom is 0.372 e. The molecule has 0 aromatic heterocycles. The van der Waals surface area contributed by atoms with Crippen molar-refractivity contribution in [1.82, 2.24) is 0 Å². The monoisotopic (exact) mass is 114 g/mol. The lowest BCUT2D eigenvalue weighted by atomic mass is 10.3. The number of hydrogen-bond donors (Lipinski definition) is 1. The number of hydrogen-bond acceptors (Lipinski definition) is 3. The number of carbonyl (C=O) groups excluding carboxylic acids is 1. The zero-order valence-corrected chi connectivity index (χ0v) is 4.26. The van der Waals surface area contributed by atoms with Crippen LogP contribution in [0.3, 0.4) is 0 Å². The highest BCUT2D eigenvalue weighted by Gasteiger charge is 2.00. The van der Waals surface area contributed by atoms with Crippen LogP contribution in [0.2, 0.25) is 0 Å². The van der Waals surface area contributed by atoms with Gasteiger partial charge in [-0.05, 0) is 0 Å². The van der Waals surface area contributed by atoms with Gasteiger partial charge in [0.2, 0.25) is 0 Å². The molecule has 44 valence electrons. The zero-order chi connectivity index (χ0) is 6.57. The van der Waals surface area contributed by atoms with Crippen LogP contribution in [0.1, 0.15) is 0 Å². The lowest BCUT2D eigenvalue weighted by molar-refractivity contribution is -0.228. The van der Waals surface area contributed by atoms with Gasteiger partial charge in [-0.3, -0.25) is 4.89 Å². The molecule has 0 amide bonds. The Hall–Kier alpha value is -1.09. The van der Waals surface area contributed by atoms with Crippen LogP contribution in [0.15, 0.2) is 24.8 Å². The lowest BCUT2D eigenvalue weighted by Crippen LogP contribution is -2.00. The highest BCUT2D eigenvalue weighted by molar-refractivity contribution is 5.90. The molecule has 0 heterocycles. The van der Waals surface area contributed by atoms with Gasteiger partial charge in [0.15, 0.2) is 0 Å². The van der Waals surface area contributed by atoms with Gasteiger partial charge in [0.05, 0.1) is 5.57 Å². The molecule has 1 N–H and O–H groups in total. The maximum absolute atomic E-state index is 10.1. The highest BCUT2D eigenvalue weighted by atomic mass is 17.1. The van der Waals surface area contributed by atoms with E-state index in [9.17, 15) is 4.79 Å². The SMILES string of the molecule is C=CC(=C)C(=O)OO. The van der Waals surface area contributed by atoms with Crippen molar-refractivity contribution < 1.29 is 14.9 Å². The van der Waals surface area contributed by atoms with Crippen LogP contribution in [0.5, 0.6) is 0 Å². The molecule has 0 saturated carbocycles. The molecule has 0 aromatic rings. The smallest absolute Gasteiger partial charge is 0.296 e. The van der Waals surface area contributed by atoms with Crippen molar-refractivity contribution >= 4 is 5.97 Å². The Kier molecular flexibility index (Phi) is 2.58. The third kappa shape index (κ3) is 1.57. The third-order valence-electron chi connectivity index (χ3n) is 0.591. The molecule has 0 rings (SSSR count). The fraction of sp³-hybridized carbons (Fsp3) is 0. The number of carbonyl (C=O) groups is 1. The quantitative estimate of drug-likeness (QED) is 0.249. The fourth-order valence-electron chi connectivity index (χ4n) is 0.142. The fourth-order valence-corrected chi connectivity index (χ4v) is 0.142. The van der Waals surface area contributed by atoms with E-state index in [-0.39, 0.29) is 5.57 Å². The van der Waals surface area contributed by atoms with Gasteiger partial charge >= 0.3 is 5.97 Å². The predicted molar refractivity (Wildman–Crippen MR) is 28.1 cm³/mol. The molecule has 0 aliphatic heterocycles. The largest absolute Gasteiger partial charge is 0.372 e. The van der Waals surface area contributed by atoms with Gasteiger partial charge in [-0.25, -0.2) is 4.79 Å². The number of rotatable bonds is 2. The molecule has 0 saturated heterocycles. The topological polar surface area (TPSA) is 46.5 Å². The van der Waals surface area contributed by atoms with E-state index < -0.39 is 5.97 Å². The predicted octanol–water partition coefficient (Wildman–Crippen LogP) is 0.745. The Labute approximate surface area is 46.8 Å². The highest BCUT2D eigenvalue weighted by Crippen LogP contribution is 1.91. The zero-order valence-electron chi connectivity index (χ0n) is 4.26. The maximum atomic E-state index is 10.1. The van der Waals surface area contributed by atoms with E-state index in [1.165, 1.54) is 6.08 Å². The second-order valence-electron chi connectivity index (χ2n) is 1.11. The van der Waals surface area contributed by atoms with E-state index in [1.807, 2.05) is 0 Å². The van der Waals surface area contributed by atoms with Gasteiger partial charge in [0.1, 0.15) is 0 Å². The van der Waals surface area contributed by atoms with Crippen LogP contribution in [-0.2, 0) is 9.68 Å². The molecule has 0 unspecified atom stereocenters. The summed E-state index contributed by atoms with van der Waals surface area (Å²) in [5, 5.41) is 7.68. The first-order chi connectivity index (χ1) is 3.72. The first-order valence-corrected chi connectivity index (χ1v) is 1.89. The minimum Gasteiger partial charge on any atom is -0.296 e. The second-order valence-corrected chi connectivity index (χ2v) is 1.11. The van der Waals surface area contributed by atoms with Gasteiger partial charge in [-0.15, -0.1) is 0 Å². The average Bonchev–Trinajstić information content (AvgIpc) is 1.84. The summed E-state index contributed by atoms with van der Waals surface area (Å²) in [6, 6.07) is 0. The normalized spacial score (nSPS) is 7.62. The minimum atomic E-state index is -0.875. The third-order valence-corrected chi connectivity index (χ3v) is 0.591. The van der Waals surface area contributed by atoms with E-state index in [0.29, 0.717) is 0 Å². The summed E-state index contributed by atoms with van der Waals surface area (Å²) >= 11 is 0. The van der Waals surface area contributed by atoms with Gasteiger partial charge in [-0.2, -0.15) is 5.26 Å². The van der Waals surface area contributed by atoms with Crippen LogP contribution in [0, 0.1) is 0 Å². The van der Waals surface area contributed by atoms with E-state index in [4.69, 9.17) is 5.26 Å². The summed E-state index contributed by atoms with van der Waals surface area (Å²) in [6.07, 6.45) is 1.19. The Morgan fingerprint density at radius 1 is 1.75 bits per heavy atom. The average molecular weight is 114 g/mol. The van der Waals surface area contributed by atoms with E-state index >= 15 is 0 Å². The summed E-state index contributed by atoms with van der Waals surface area (Å²) in [5.41, 5.74) is 0.0347. The summed E-state index contributed by atoms with van der Waals surface area (Å²) in [5.74, 6) is -0.875. The molecule has 0 fully saturated rings. The lowest BCUT2D eigenvalue weighted by Gasteiger charge is -1.89. The van der Waals surface area contributed by atoms with Crippen LogP contribution in [0.4, 0.5) is 0 Å². The molecular weight excluding hydrogens is 108 g/mol. The van der Waals surface area contributed by atoms with E-state index in [2.05, 4.69) is 18.0 Å². The van der Waals surface area contributed by atoms with Gasteiger partial charge in [0.25, 0.3) is 0 Å². The van der Waals surface area contributed by atoms with Crippen LogP contribution >= 0.6 is 0 Å². The molecule has 3 nitrogen and oxygen atoms in total. The Balaban J connectivity index is 3.82. The summed E-state index contributed by atoms with van der Waals surface area (Å²) in [4.78, 5) is 13.4. The molecule has 0 aliphatic rings. The summed E-state index contributed by atoms with van der Waals surface area (Å²) < 4.78 is 0. The Bertz CT molecular complexity index is 126. The molecule has 0 bridgehead atoms. The first kappa shape index (κ1) is 6.91. The van der Waals surface area contributed by atoms with Crippen molar-refractivity contribution in [3.8, 4) is 0 Å². The molecule has 0 radical (unpaired) electrons. The molecule has 0 atom stereocenters. The van der Waals surface area contributed by atoms with Crippen molar-refractivity contribution in [1.29, 1.82) is 0 Å². The van der Waals surface area contributed by atoms with Crippen molar-refractivity contribution in [2.75, 3.05) is 0 Å². The Morgan fingerprint density at radius 2 is 2.25 bits per heavy atom. The molecule has 0 spiro atoms. The molecule has 0 aromatic carbocycles. The molecule has 0 aliphatic carbocycles. The van der Waals surface area contributed by atoms with Crippen molar-refractivity contribution in [2.24, 2.45) is 0 Å². The van der Waals surface area contributed by atoms with Gasteiger partial charge in [-0.1, -0.05) is 19.2 Å². The molecule has 3 heteroatoms. The molecule has 8 heavy (non-hydrogen) atoms. The van der Waals surface area contributed by atoms with Crippen molar-refractivity contribution in [3.63, 3.8) is 0 Å². The van der Waals surface area contributed by atoms with Crippen LogP contribution < -0.4 is 0 Å². The summed E-state index contributed by atoms with van der Waals surface area (Å²) in [7, 11) is 0. The van der Waals surface area contributed by atoms with E-state index in [1.54, 1.807) is 0 Å². The minimum absolute atomic E-state index is 0.0347. The van der Waals surface area contributed by atoms with Crippen LogP contribution in [-0.4, -0.2) is 11.2 Å². The standard InChI is InChI=1S/C5H6O3/c1-3-4(2)5(6)8-7/h3,7H,1-2H2. The van der Waals surface area contributed by atoms with Gasteiger partial charge in [0, 0.05) is 0 Å². The van der Waals surface area contributed by atoms with Gasteiger partial charge < -0.3 is 0 Å².